The zero-order valence-electron chi connectivity index (χ0n) is 11.3. The molecular weight excluding hydrogens is 222 g/mol. The smallest absolute Gasteiger partial charge is 0.0327 e. The highest BCUT2D eigenvalue weighted by molar-refractivity contribution is 5.29. The molecule has 1 aromatic carbocycles. The van der Waals surface area contributed by atoms with Crippen molar-refractivity contribution in [3.63, 3.8) is 0 Å². The van der Waals surface area contributed by atoms with Crippen molar-refractivity contribution in [2.75, 3.05) is 26.2 Å². The van der Waals surface area contributed by atoms with Gasteiger partial charge in [-0.25, -0.2) is 0 Å². The van der Waals surface area contributed by atoms with Gasteiger partial charge in [0.05, 0.1) is 0 Å². The number of likely N-dealkylation sites (tertiary alicyclic amines) is 1. The van der Waals surface area contributed by atoms with Crippen LogP contribution in [0.25, 0.3) is 0 Å². The Morgan fingerprint density at radius 2 is 1.94 bits per heavy atom. The Labute approximate surface area is 110 Å². The van der Waals surface area contributed by atoms with Crippen LogP contribution in [0.1, 0.15) is 30.0 Å². The molecule has 3 heteroatoms. The maximum atomic E-state index is 6.45. The second-order valence-electron chi connectivity index (χ2n) is 5.35. The molecule has 18 heavy (non-hydrogen) atoms. The van der Waals surface area contributed by atoms with Crippen LogP contribution in [0.3, 0.4) is 0 Å². The van der Waals surface area contributed by atoms with Gasteiger partial charge in [-0.2, -0.15) is 0 Å². The largest absolute Gasteiger partial charge is 0.329 e. The Morgan fingerprint density at radius 1 is 1.28 bits per heavy atom. The van der Waals surface area contributed by atoms with Gasteiger partial charge >= 0.3 is 0 Å². The molecule has 0 bridgehead atoms. The molecule has 1 fully saturated rings. The van der Waals surface area contributed by atoms with E-state index < -0.39 is 0 Å². The molecule has 2 rings (SSSR count). The molecule has 0 spiro atoms. The van der Waals surface area contributed by atoms with Crippen molar-refractivity contribution < 1.29 is 0 Å². The highest BCUT2D eigenvalue weighted by Crippen LogP contribution is 2.30. The normalized spacial score (nSPS) is 19.9. The molecule has 0 aromatic heterocycles. The van der Waals surface area contributed by atoms with Gasteiger partial charge in [0.15, 0.2) is 0 Å². The van der Waals surface area contributed by atoms with Crippen molar-refractivity contribution in [3.05, 3.63) is 35.4 Å². The van der Waals surface area contributed by atoms with E-state index in [1.54, 1.807) is 0 Å². The molecule has 3 nitrogen and oxygen atoms in total. The Morgan fingerprint density at radius 3 is 2.56 bits per heavy atom. The highest BCUT2D eigenvalue weighted by atomic mass is 15.1. The van der Waals surface area contributed by atoms with Crippen molar-refractivity contribution >= 4 is 0 Å². The number of benzene rings is 1. The summed E-state index contributed by atoms with van der Waals surface area (Å²) in [5, 5.41) is 0. The van der Waals surface area contributed by atoms with Crippen LogP contribution < -0.4 is 11.5 Å². The summed E-state index contributed by atoms with van der Waals surface area (Å²) in [5.74, 6) is 0.611. The van der Waals surface area contributed by atoms with E-state index in [1.165, 1.54) is 24.0 Å². The highest BCUT2D eigenvalue weighted by Gasteiger charge is 2.25. The molecule has 1 atom stereocenters. The van der Waals surface area contributed by atoms with E-state index in [2.05, 4.69) is 36.1 Å². The molecule has 0 saturated carbocycles. The van der Waals surface area contributed by atoms with E-state index in [0.717, 1.165) is 26.2 Å². The molecule has 100 valence electrons. The third-order valence-corrected chi connectivity index (χ3v) is 4.13. The summed E-state index contributed by atoms with van der Waals surface area (Å²) < 4.78 is 0. The summed E-state index contributed by atoms with van der Waals surface area (Å²) in [6, 6.07) is 8.68. The molecule has 0 radical (unpaired) electrons. The predicted octanol–water partition coefficient (Wildman–Crippen LogP) is 1.67. The van der Waals surface area contributed by atoms with Gasteiger partial charge in [0.25, 0.3) is 0 Å². The van der Waals surface area contributed by atoms with Crippen LogP contribution in [0.15, 0.2) is 24.3 Å². The number of hydrogen-bond donors (Lipinski definition) is 2. The molecule has 1 aliphatic heterocycles. The topological polar surface area (TPSA) is 55.3 Å². The van der Waals surface area contributed by atoms with Crippen LogP contribution >= 0.6 is 0 Å². The second kappa shape index (κ2) is 6.32. The van der Waals surface area contributed by atoms with Gasteiger partial charge in [0, 0.05) is 19.1 Å². The summed E-state index contributed by atoms with van der Waals surface area (Å²) in [5.41, 5.74) is 14.7. The van der Waals surface area contributed by atoms with Crippen molar-refractivity contribution in [2.24, 2.45) is 17.4 Å². The number of nitrogens with two attached hydrogens (primary N) is 2. The molecule has 1 aliphatic rings. The minimum Gasteiger partial charge on any atom is -0.329 e. The lowest BCUT2D eigenvalue weighted by Crippen LogP contribution is -2.39. The third-order valence-electron chi connectivity index (χ3n) is 4.13. The quantitative estimate of drug-likeness (QED) is 0.851. The summed E-state index contributed by atoms with van der Waals surface area (Å²) in [6.07, 6.45) is 2.38. The summed E-state index contributed by atoms with van der Waals surface area (Å²) in [7, 11) is 0. The van der Waals surface area contributed by atoms with Gasteiger partial charge in [-0.05, 0) is 49.9 Å². The van der Waals surface area contributed by atoms with Crippen LogP contribution in [0, 0.1) is 12.8 Å². The minimum absolute atomic E-state index is 0.186. The second-order valence-corrected chi connectivity index (χ2v) is 5.35. The first-order valence-corrected chi connectivity index (χ1v) is 6.96. The van der Waals surface area contributed by atoms with Gasteiger partial charge in [0.1, 0.15) is 0 Å². The average molecular weight is 247 g/mol. The van der Waals surface area contributed by atoms with Gasteiger partial charge < -0.3 is 16.4 Å². The van der Waals surface area contributed by atoms with Gasteiger partial charge in [-0.1, -0.05) is 24.3 Å². The molecule has 1 unspecified atom stereocenters. The van der Waals surface area contributed by atoms with E-state index in [1.807, 2.05) is 0 Å². The van der Waals surface area contributed by atoms with Gasteiger partial charge in [-0.15, -0.1) is 0 Å². The maximum absolute atomic E-state index is 6.45. The number of nitrogens with zero attached hydrogens (tertiary/aromatic N) is 1. The van der Waals surface area contributed by atoms with Crippen molar-refractivity contribution in [1.82, 2.24) is 4.90 Å². The monoisotopic (exact) mass is 247 g/mol. The Hall–Kier alpha value is -0.900. The first-order valence-electron chi connectivity index (χ1n) is 6.96. The van der Waals surface area contributed by atoms with Gasteiger partial charge in [-0.3, -0.25) is 0 Å². The Bertz CT molecular complexity index is 370. The SMILES string of the molecule is Cc1ccccc1C(N)C1CCN(CCN)CC1. The van der Waals surface area contributed by atoms with Crippen LogP contribution in [0.5, 0.6) is 0 Å². The summed E-state index contributed by atoms with van der Waals surface area (Å²) >= 11 is 0. The molecule has 1 aromatic rings. The first-order chi connectivity index (χ1) is 8.72. The standard InChI is InChI=1S/C15H25N3/c1-12-4-2-3-5-14(12)15(17)13-6-9-18(10-7-13)11-8-16/h2-5,13,15H,6-11,16-17H2,1H3. The van der Waals surface area contributed by atoms with Crippen molar-refractivity contribution in [1.29, 1.82) is 0 Å². The zero-order chi connectivity index (χ0) is 13.0. The predicted molar refractivity (Wildman–Crippen MR) is 76.3 cm³/mol. The third kappa shape index (κ3) is 3.10. The lowest BCUT2D eigenvalue weighted by Gasteiger charge is -2.35. The fourth-order valence-electron chi connectivity index (χ4n) is 2.93. The minimum atomic E-state index is 0.186. The number of piperidine rings is 1. The number of hydrogen-bond acceptors (Lipinski definition) is 3. The molecule has 1 heterocycles. The van der Waals surface area contributed by atoms with Crippen LogP contribution in [-0.2, 0) is 0 Å². The Kier molecular flexibility index (Phi) is 4.75. The van der Waals surface area contributed by atoms with E-state index in [-0.39, 0.29) is 6.04 Å². The number of rotatable bonds is 4. The first kappa shape index (κ1) is 13.5. The van der Waals surface area contributed by atoms with Crippen LogP contribution in [-0.4, -0.2) is 31.1 Å². The lowest BCUT2D eigenvalue weighted by atomic mass is 9.84. The van der Waals surface area contributed by atoms with E-state index in [9.17, 15) is 0 Å². The van der Waals surface area contributed by atoms with Crippen LogP contribution in [0.2, 0.25) is 0 Å². The molecule has 0 aliphatic carbocycles. The maximum Gasteiger partial charge on any atom is 0.0327 e. The summed E-state index contributed by atoms with van der Waals surface area (Å²) in [6.45, 7) is 6.21. The lowest BCUT2D eigenvalue weighted by molar-refractivity contribution is 0.172. The van der Waals surface area contributed by atoms with E-state index in [4.69, 9.17) is 11.5 Å². The fourth-order valence-corrected chi connectivity index (χ4v) is 2.93. The van der Waals surface area contributed by atoms with Crippen LogP contribution in [0.4, 0.5) is 0 Å². The molecular formula is C15H25N3. The van der Waals surface area contributed by atoms with Gasteiger partial charge in [0.2, 0.25) is 0 Å². The Balaban J connectivity index is 1.95. The van der Waals surface area contributed by atoms with Crippen molar-refractivity contribution in [3.8, 4) is 0 Å². The molecule has 0 amide bonds. The zero-order valence-corrected chi connectivity index (χ0v) is 11.3. The summed E-state index contributed by atoms with van der Waals surface area (Å²) in [4.78, 5) is 2.45. The van der Waals surface area contributed by atoms with Crippen molar-refractivity contribution in [2.45, 2.75) is 25.8 Å². The molecule has 1 saturated heterocycles. The van der Waals surface area contributed by atoms with E-state index in [0.29, 0.717) is 5.92 Å². The fraction of sp³-hybridized carbons (Fsp3) is 0.600. The average Bonchev–Trinajstić information content (AvgIpc) is 2.40. The van der Waals surface area contributed by atoms with E-state index >= 15 is 0 Å². The number of aryl methyl sites for hydroxylation is 1. The molecule has 4 N–H and O–H groups in total.